The van der Waals surface area contributed by atoms with Crippen LogP contribution in [0.1, 0.15) is 53.5 Å². The number of amides is 6. The number of carboxylic acids is 1. The van der Waals surface area contributed by atoms with E-state index in [-0.39, 0.29) is 12.2 Å². The quantitative estimate of drug-likeness (QED) is 0.0939. The van der Waals surface area contributed by atoms with Gasteiger partial charge in [-0.25, -0.2) is 4.79 Å². The Bertz CT molecular complexity index is 1270. The first-order valence-corrected chi connectivity index (χ1v) is 14.9. The molecule has 17 heteroatoms. The number of hydrogen-bond donors (Lipinski definition) is 9. The Labute approximate surface area is 272 Å². The number of alkyl carbamates (subject to hydrolysis) is 1. The first-order valence-electron chi connectivity index (χ1n) is 14.9. The fourth-order valence-corrected chi connectivity index (χ4v) is 3.83. The molecule has 0 bridgehead atoms. The molecule has 0 aliphatic carbocycles. The van der Waals surface area contributed by atoms with E-state index in [0.717, 1.165) is 0 Å². The Morgan fingerprint density at radius 3 is 1.89 bits per heavy atom. The third kappa shape index (κ3) is 15.3. The predicted octanol–water partition coefficient (Wildman–Crippen LogP) is -1.34. The van der Waals surface area contributed by atoms with Crippen LogP contribution in [0.25, 0.3) is 0 Å². The Kier molecular flexibility index (Phi) is 16.1. The lowest BCUT2D eigenvalue weighted by Gasteiger charge is -2.28. The summed E-state index contributed by atoms with van der Waals surface area (Å²) in [4.78, 5) is 86.7. The zero-order valence-electron chi connectivity index (χ0n) is 27.3. The molecule has 0 saturated heterocycles. The lowest BCUT2D eigenvalue weighted by Crippen LogP contribution is -2.59. The van der Waals surface area contributed by atoms with Gasteiger partial charge >= 0.3 is 12.1 Å². The van der Waals surface area contributed by atoms with E-state index in [0.29, 0.717) is 12.0 Å². The average Bonchev–Trinajstić information content (AvgIpc) is 2.99. The van der Waals surface area contributed by atoms with Crippen LogP contribution in [0.15, 0.2) is 24.3 Å². The van der Waals surface area contributed by atoms with Gasteiger partial charge in [0.15, 0.2) is 0 Å². The summed E-state index contributed by atoms with van der Waals surface area (Å²) in [7, 11) is 0. The largest absolute Gasteiger partial charge is 0.508 e. The highest BCUT2D eigenvalue weighted by atomic mass is 16.6. The third-order valence-electron chi connectivity index (χ3n) is 6.61. The minimum absolute atomic E-state index is 0.0452. The molecule has 0 aliphatic rings. The summed E-state index contributed by atoms with van der Waals surface area (Å²) in [6, 6.07) is 0.526. The van der Waals surface area contributed by atoms with Crippen molar-refractivity contribution in [3.63, 3.8) is 0 Å². The maximum atomic E-state index is 13.2. The van der Waals surface area contributed by atoms with Gasteiger partial charge in [0, 0.05) is 6.42 Å². The number of hydrogen-bond acceptors (Lipinski definition) is 10. The van der Waals surface area contributed by atoms with E-state index in [9.17, 15) is 43.8 Å². The number of aliphatic hydroxyl groups excluding tert-OH is 1. The van der Waals surface area contributed by atoms with Gasteiger partial charge in [-0.3, -0.25) is 28.8 Å². The molecule has 47 heavy (non-hydrogen) atoms. The fraction of sp³-hybridized carbons (Fsp3) is 0.567. The second kappa shape index (κ2) is 18.9. The molecule has 1 aromatic rings. The molecule has 1 aromatic carbocycles. The monoisotopic (exact) mass is 666 g/mol. The minimum Gasteiger partial charge on any atom is -0.508 e. The second-order valence-corrected chi connectivity index (χ2v) is 11.8. The Hall–Kier alpha value is -4.93. The van der Waals surface area contributed by atoms with Gasteiger partial charge in [0.2, 0.25) is 29.5 Å². The van der Waals surface area contributed by atoms with Crippen LogP contribution in [0.5, 0.6) is 5.75 Å². The van der Waals surface area contributed by atoms with E-state index in [1.807, 2.05) is 0 Å². The van der Waals surface area contributed by atoms with E-state index >= 15 is 0 Å². The summed E-state index contributed by atoms with van der Waals surface area (Å²) in [6.07, 6.45) is -0.511. The first-order chi connectivity index (χ1) is 21.9. The van der Waals surface area contributed by atoms with Crippen molar-refractivity contribution in [2.75, 3.05) is 19.7 Å². The van der Waals surface area contributed by atoms with Gasteiger partial charge in [-0.1, -0.05) is 32.4 Å². The number of phenolic OH excluding ortho intramolecular Hbond substituents is 1. The number of carbonyl (C=O) groups is 7. The third-order valence-corrected chi connectivity index (χ3v) is 6.61. The van der Waals surface area contributed by atoms with Crippen molar-refractivity contribution in [3.8, 4) is 5.75 Å². The van der Waals surface area contributed by atoms with Crippen LogP contribution in [0.3, 0.4) is 0 Å². The zero-order chi connectivity index (χ0) is 35.9. The van der Waals surface area contributed by atoms with Crippen molar-refractivity contribution < 1.29 is 53.6 Å². The standard InChI is InChI=1S/C30H46N6O11/c1-7-16(2)24(36-29(46)47-30(4,5)6)27(43)35-21(15-37)26(42)34-20(12-18-8-10-19(38)11-9-18)25(41)32-13-22(39)31-14-23(40)33-17(3)28(44)45/h8-11,16-17,20-21,24,37-38H,7,12-15H2,1-6H3,(H,31,39)(H,32,41)(H,33,40)(H,34,42)(H,35,43)(H,36,46)(H,44,45)/t16-,17-,20-,21-,24-/m0/s1. The predicted molar refractivity (Wildman–Crippen MR) is 167 cm³/mol. The van der Waals surface area contributed by atoms with Gasteiger partial charge < -0.3 is 52.0 Å². The number of ether oxygens (including phenoxy) is 1. The summed E-state index contributed by atoms with van der Waals surface area (Å²) >= 11 is 0. The summed E-state index contributed by atoms with van der Waals surface area (Å²) in [5.41, 5.74) is -0.336. The van der Waals surface area contributed by atoms with Crippen LogP contribution in [-0.2, 0) is 39.9 Å². The molecule has 0 heterocycles. The second-order valence-electron chi connectivity index (χ2n) is 11.8. The molecule has 0 radical (unpaired) electrons. The Morgan fingerprint density at radius 2 is 1.36 bits per heavy atom. The van der Waals surface area contributed by atoms with Crippen LogP contribution < -0.4 is 31.9 Å². The Morgan fingerprint density at radius 1 is 0.787 bits per heavy atom. The fourth-order valence-electron chi connectivity index (χ4n) is 3.83. The molecule has 0 aliphatic heterocycles. The number of benzene rings is 1. The smallest absolute Gasteiger partial charge is 0.408 e. The van der Waals surface area contributed by atoms with Crippen LogP contribution in [0.4, 0.5) is 4.79 Å². The zero-order valence-corrected chi connectivity index (χ0v) is 27.3. The average molecular weight is 667 g/mol. The van der Waals surface area contributed by atoms with Gasteiger partial charge in [-0.2, -0.15) is 0 Å². The van der Waals surface area contributed by atoms with Crippen molar-refractivity contribution in [1.29, 1.82) is 0 Å². The number of aliphatic hydroxyl groups is 1. The Balaban J connectivity index is 3.00. The minimum atomic E-state index is -1.54. The van der Waals surface area contributed by atoms with Crippen molar-refractivity contribution in [2.24, 2.45) is 5.92 Å². The van der Waals surface area contributed by atoms with Gasteiger partial charge in [0.1, 0.15) is 35.5 Å². The maximum absolute atomic E-state index is 13.2. The van der Waals surface area contributed by atoms with Gasteiger partial charge in [0.25, 0.3) is 0 Å². The number of phenols is 1. The summed E-state index contributed by atoms with van der Waals surface area (Å²) < 4.78 is 5.24. The molecule has 5 atom stereocenters. The maximum Gasteiger partial charge on any atom is 0.408 e. The normalized spacial score (nSPS) is 14.2. The molecule has 0 aromatic heterocycles. The van der Waals surface area contributed by atoms with Crippen LogP contribution in [-0.4, -0.2) is 106 Å². The summed E-state index contributed by atoms with van der Waals surface area (Å²) in [5.74, 6) is -5.84. The molecule has 6 amide bonds. The van der Waals surface area contributed by atoms with E-state index < -0.39 is 97.0 Å². The number of carbonyl (C=O) groups excluding carboxylic acids is 6. The highest BCUT2D eigenvalue weighted by Crippen LogP contribution is 2.13. The molecule has 9 N–H and O–H groups in total. The molecule has 0 unspecified atom stereocenters. The van der Waals surface area contributed by atoms with Crippen LogP contribution >= 0.6 is 0 Å². The molecule has 17 nitrogen and oxygen atoms in total. The SMILES string of the molecule is CC[C@H](C)[C@H](NC(=O)OC(C)(C)C)C(=O)N[C@@H](CO)C(=O)N[C@@H](Cc1ccc(O)cc1)C(=O)NCC(=O)NCC(=O)N[C@@H](C)C(=O)O. The molecule has 1 rings (SSSR count). The number of carboxylic acid groups (broad SMARTS) is 1. The van der Waals surface area contributed by atoms with Crippen molar-refractivity contribution in [1.82, 2.24) is 31.9 Å². The van der Waals surface area contributed by atoms with Crippen molar-refractivity contribution >= 4 is 41.6 Å². The molecule has 0 fully saturated rings. The van der Waals surface area contributed by atoms with Crippen LogP contribution in [0, 0.1) is 5.92 Å². The number of rotatable bonds is 17. The van der Waals surface area contributed by atoms with Crippen molar-refractivity contribution in [2.45, 2.75) is 84.2 Å². The number of aliphatic carboxylic acids is 1. The summed E-state index contributed by atoms with van der Waals surface area (Å²) in [5, 5.41) is 42.4. The highest BCUT2D eigenvalue weighted by Gasteiger charge is 2.32. The van der Waals surface area contributed by atoms with Gasteiger partial charge in [0.05, 0.1) is 19.7 Å². The van der Waals surface area contributed by atoms with Crippen molar-refractivity contribution in [3.05, 3.63) is 29.8 Å². The molecule has 0 saturated carbocycles. The number of nitrogens with one attached hydrogen (secondary N) is 6. The van der Waals surface area contributed by atoms with Gasteiger partial charge in [-0.05, 0) is 51.3 Å². The lowest BCUT2D eigenvalue weighted by molar-refractivity contribution is -0.141. The number of aromatic hydroxyl groups is 1. The lowest BCUT2D eigenvalue weighted by atomic mass is 9.98. The first kappa shape index (κ1) is 40.1. The summed E-state index contributed by atoms with van der Waals surface area (Å²) in [6.45, 7) is 7.65. The highest BCUT2D eigenvalue weighted by molar-refractivity contribution is 5.95. The van der Waals surface area contributed by atoms with E-state index in [1.54, 1.807) is 34.6 Å². The molecular weight excluding hydrogens is 620 g/mol. The van der Waals surface area contributed by atoms with E-state index in [1.165, 1.54) is 31.2 Å². The molecule has 262 valence electrons. The van der Waals surface area contributed by atoms with E-state index in [4.69, 9.17) is 9.84 Å². The van der Waals surface area contributed by atoms with E-state index in [2.05, 4.69) is 31.9 Å². The topological polar surface area (TPSA) is 262 Å². The molecule has 0 spiro atoms. The van der Waals surface area contributed by atoms with Gasteiger partial charge in [-0.15, -0.1) is 0 Å². The molecular formula is C30H46N6O11. The van der Waals surface area contributed by atoms with Crippen LogP contribution in [0.2, 0.25) is 0 Å².